The third-order valence-electron chi connectivity index (χ3n) is 5.68. The number of nitrogens with one attached hydrogen (secondary N) is 1. The van der Waals surface area contributed by atoms with Gasteiger partial charge in [-0.1, -0.05) is 75.4 Å². The molecule has 0 aliphatic carbocycles. The molecular weight excluding hydrogens is 444 g/mol. The van der Waals surface area contributed by atoms with Gasteiger partial charge in [0.2, 0.25) is 11.8 Å². The summed E-state index contributed by atoms with van der Waals surface area (Å²) in [6.07, 6.45) is 0. The van der Waals surface area contributed by atoms with Crippen LogP contribution in [0.4, 0.5) is 11.4 Å². The van der Waals surface area contributed by atoms with Gasteiger partial charge in [0.15, 0.2) is 0 Å². The number of hydrogen-bond donors (Lipinski definition) is 1. The van der Waals surface area contributed by atoms with Crippen molar-refractivity contribution in [3.05, 3.63) is 95.6 Å². The number of carbonyl (C=O) groups is 2. The minimum Gasteiger partial charge on any atom is -0.367 e. The Hall–Kier alpha value is -3.09. The number of amides is 2. The molecule has 5 nitrogen and oxygen atoms in total. The normalized spacial score (nSPS) is 16.0. The van der Waals surface area contributed by atoms with E-state index in [1.54, 1.807) is 11.8 Å². The zero-order chi connectivity index (χ0) is 24.1. The molecule has 0 bridgehead atoms. The molecule has 1 aliphatic rings. The zero-order valence-electron chi connectivity index (χ0n) is 19.8. The van der Waals surface area contributed by atoms with E-state index >= 15 is 0 Å². The Kier molecular flexibility index (Phi) is 7.39. The van der Waals surface area contributed by atoms with E-state index in [2.05, 4.69) is 38.2 Å². The second kappa shape index (κ2) is 10.5. The van der Waals surface area contributed by atoms with Crippen molar-refractivity contribution in [3.8, 4) is 0 Å². The molecule has 1 atom stereocenters. The molecule has 0 spiro atoms. The molecule has 6 heteroatoms. The third-order valence-corrected chi connectivity index (χ3v) is 6.89. The van der Waals surface area contributed by atoms with Gasteiger partial charge in [-0.05, 0) is 46.4 Å². The summed E-state index contributed by atoms with van der Waals surface area (Å²) in [7, 11) is 0. The smallest absolute Gasteiger partial charge is 0.250 e. The van der Waals surface area contributed by atoms with Gasteiger partial charge >= 0.3 is 0 Å². The van der Waals surface area contributed by atoms with E-state index in [0.29, 0.717) is 18.0 Å². The van der Waals surface area contributed by atoms with Crippen LogP contribution in [0.25, 0.3) is 0 Å². The van der Waals surface area contributed by atoms with Crippen molar-refractivity contribution in [2.45, 2.75) is 38.2 Å². The summed E-state index contributed by atoms with van der Waals surface area (Å²) >= 11 is 1.59. The second-order valence-corrected chi connectivity index (χ2v) is 10.4. The van der Waals surface area contributed by atoms with Crippen LogP contribution in [0.1, 0.15) is 42.8 Å². The highest BCUT2D eigenvalue weighted by Crippen LogP contribution is 2.42. The van der Waals surface area contributed by atoms with Gasteiger partial charge < -0.3 is 10.1 Å². The summed E-state index contributed by atoms with van der Waals surface area (Å²) in [4.78, 5) is 27.0. The summed E-state index contributed by atoms with van der Waals surface area (Å²) in [6, 6.07) is 25.7. The highest BCUT2D eigenvalue weighted by molar-refractivity contribution is 8.00. The Morgan fingerprint density at radius 1 is 1.03 bits per heavy atom. The molecule has 0 radical (unpaired) electrons. The van der Waals surface area contributed by atoms with Crippen LogP contribution in [0.5, 0.6) is 0 Å². The number of hydrogen-bond acceptors (Lipinski definition) is 4. The lowest BCUT2D eigenvalue weighted by Crippen LogP contribution is -2.28. The van der Waals surface area contributed by atoms with Crippen molar-refractivity contribution in [2.75, 3.05) is 22.6 Å². The van der Waals surface area contributed by atoms with Crippen LogP contribution in [-0.2, 0) is 26.3 Å². The minimum absolute atomic E-state index is 0.0258. The molecule has 3 aromatic rings. The largest absolute Gasteiger partial charge is 0.367 e. The number of benzene rings is 3. The minimum atomic E-state index is -0.210. The fourth-order valence-electron chi connectivity index (χ4n) is 3.87. The molecule has 3 aromatic carbocycles. The Labute approximate surface area is 205 Å². The van der Waals surface area contributed by atoms with E-state index < -0.39 is 0 Å². The monoisotopic (exact) mass is 474 g/mol. The molecule has 2 amide bonds. The number of carbonyl (C=O) groups excluding carboxylic acids is 2. The number of nitrogens with zero attached hydrogens (tertiary/aromatic N) is 1. The Morgan fingerprint density at radius 2 is 1.76 bits per heavy atom. The first-order valence-electron chi connectivity index (χ1n) is 11.4. The van der Waals surface area contributed by atoms with Gasteiger partial charge in [0, 0.05) is 11.4 Å². The van der Waals surface area contributed by atoms with Crippen LogP contribution < -0.4 is 10.2 Å². The molecule has 34 heavy (non-hydrogen) atoms. The molecule has 1 N–H and O–H groups in total. The number of anilines is 2. The molecule has 0 unspecified atom stereocenters. The highest BCUT2D eigenvalue weighted by atomic mass is 32.2. The van der Waals surface area contributed by atoms with Crippen molar-refractivity contribution in [3.63, 3.8) is 0 Å². The Morgan fingerprint density at radius 3 is 2.47 bits per heavy atom. The standard InChI is InChI=1S/C28H30N2O3S/c1-28(2,3)22-12-14-24(15-13-22)30-26(32)19-34-27(30)21-10-7-11-23(16-21)29-25(31)18-33-17-20-8-5-4-6-9-20/h4-16,27H,17-19H2,1-3H3,(H,29,31)/t27-/m0/s1. The van der Waals surface area contributed by atoms with Crippen molar-refractivity contribution in [1.82, 2.24) is 0 Å². The van der Waals surface area contributed by atoms with E-state index in [1.165, 1.54) is 5.56 Å². The van der Waals surface area contributed by atoms with E-state index in [9.17, 15) is 9.59 Å². The molecule has 4 rings (SSSR count). The summed E-state index contributed by atoms with van der Waals surface area (Å²) in [5.74, 6) is 0.301. The average Bonchev–Trinajstić information content (AvgIpc) is 3.21. The van der Waals surface area contributed by atoms with Gasteiger partial charge in [-0.25, -0.2) is 0 Å². The predicted molar refractivity (Wildman–Crippen MR) is 139 cm³/mol. The highest BCUT2D eigenvalue weighted by Gasteiger charge is 2.34. The third kappa shape index (κ3) is 5.88. The topological polar surface area (TPSA) is 58.6 Å². The molecule has 1 saturated heterocycles. The molecule has 0 aromatic heterocycles. The Balaban J connectivity index is 1.42. The quantitative estimate of drug-likeness (QED) is 0.462. The number of thioether (sulfide) groups is 1. The van der Waals surface area contributed by atoms with E-state index in [0.717, 1.165) is 16.8 Å². The fourth-order valence-corrected chi connectivity index (χ4v) is 5.04. The van der Waals surface area contributed by atoms with Crippen LogP contribution >= 0.6 is 11.8 Å². The first-order chi connectivity index (χ1) is 16.3. The van der Waals surface area contributed by atoms with Gasteiger partial charge in [0.25, 0.3) is 0 Å². The SMILES string of the molecule is CC(C)(C)c1ccc(N2C(=O)CS[C@H]2c2cccc(NC(=O)COCc3ccccc3)c2)cc1. The lowest BCUT2D eigenvalue weighted by Gasteiger charge is -2.26. The van der Waals surface area contributed by atoms with E-state index in [1.807, 2.05) is 71.6 Å². The van der Waals surface area contributed by atoms with Crippen molar-refractivity contribution in [2.24, 2.45) is 0 Å². The van der Waals surface area contributed by atoms with E-state index in [4.69, 9.17) is 4.74 Å². The number of ether oxygens (including phenoxy) is 1. The van der Waals surface area contributed by atoms with Crippen LogP contribution in [-0.4, -0.2) is 24.2 Å². The van der Waals surface area contributed by atoms with Crippen molar-refractivity contribution < 1.29 is 14.3 Å². The maximum Gasteiger partial charge on any atom is 0.250 e. The molecule has 0 saturated carbocycles. The molecule has 1 heterocycles. The lowest BCUT2D eigenvalue weighted by atomic mass is 9.87. The maximum atomic E-state index is 12.8. The van der Waals surface area contributed by atoms with Gasteiger partial charge in [0.05, 0.1) is 12.4 Å². The van der Waals surface area contributed by atoms with Gasteiger partial charge in [-0.2, -0.15) is 0 Å². The maximum absolute atomic E-state index is 12.8. The molecular formula is C28H30N2O3S. The molecule has 1 aliphatic heterocycles. The molecule has 1 fully saturated rings. The summed E-state index contributed by atoms with van der Waals surface area (Å²) in [5.41, 5.74) is 4.85. The molecule has 176 valence electrons. The van der Waals surface area contributed by atoms with Crippen molar-refractivity contribution in [1.29, 1.82) is 0 Å². The second-order valence-electron chi connectivity index (χ2n) is 9.38. The average molecular weight is 475 g/mol. The van der Waals surface area contributed by atoms with Gasteiger partial charge in [-0.15, -0.1) is 11.8 Å². The Bertz CT molecular complexity index is 1140. The van der Waals surface area contributed by atoms with E-state index in [-0.39, 0.29) is 29.2 Å². The summed E-state index contributed by atoms with van der Waals surface area (Å²) < 4.78 is 5.54. The van der Waals surface area contributed by atoms with Crippen LogP contribution in [0.2, 0.25) is 0 Å². The van der Waals surface area contributed by atoms with Crippen molar-refractivity contribution >= 4 is 35.0 Å². The van der Waals surface area contributed by atoms with Crippen LogP contribution in [0.15, 0.2) is 78.9 Å². The summed E-state index contributed by atoms with van der Waals surface area (Å²) in [6.45, 7) is 6.89. The first-order valence-corrected chi connectivity index (χ1v) is 12.4. The summed E-state index contributed by atoms with van der Waals surface area (Å²) in [5, 5.41) is 2.77. The predicted octanol–water partition coefficient (Wildman–Crippen LogP) is 5.92. The van der Waals surface area contributed by atoms with Gasteiger partial charge in [-0.3, -0.25) is 14.5 Å². The zero-order valence-corrected chi connectivity index (χ0v) is 20.6. The lowest BCUT2D eigenvalue weighted by molar-refractivity contribution is -0.121. The fraction of sp³-hybridized carbons (Fsp3) is 0.286. The van der Waals surface area contributed by atoms with Crippen LogP contribution in [0, 0.1) is 0 Å². The van der Waals surface area contributed by atoms with Gasteiger partial charge in [0.1, 0.15) is 12.0 Å². The number of rotatable bonds is 7. The van der Waals surface area contributed by atoms with Crippen LogP contribution in [0.3, 0.4) is 0 Å². The first kappa shape index (κ1) is 24.0.